The van der Waals surface area contributed by atoms with Gasteiger partial charge in [-0.1, -0.05) is 24.3 Å². The van der Waals surface area contributed by atoms with E-state index >= 15 is 0 Å². The molecule has 0 N–H and O–H groups in total. The lowest BCUT2D eigenvalue weighted by atomic mass is 9.79. The van der Waals surface area contributed by atoms with E-state index in [2.05, 4.69) is 4.99 Å². The summed E-state index contributed by atoms with van der Waals surface area (Å²) in [6.45, 7) is 1.69. The number of carbonyl (C=O) groups excluding carboxylic acids is 1. The lowest BCUT2D eigenvalue weighted by Crippen LogP contribution is -2.40. The Bertz CT molecular complexity index is 663. The van der Waals surface area contributed by atoms with E-state index in [-0.39, 0.29) is 6.54 Å². The number of amides is 1. The molecule has 110 valence electrons. The Kier molecular flexibility index (Phi) is 2.93. The van der Waals surface area contributed by atoms with Crippen molar-refractivity contribution in [2.75, 3.05) is 6.54 Å². The maximum absolute atomic E-state index is 12.7. The molecule has 1 saturated heterocycles. The van der Waals surface area contributed by atoms with Crippen LogP contribution in [0.2, 0.25) is 0 Å². The number of carbonyl (C=O) groups is 1. The summed E-state index contributed by atoms with van der Waals surface area (Å²) in [5, 5.41) is 0. The highest BCUT2D eigenvalue weighted by molar-refractivity contribution is 5.93. The predicted octanol–water partition coefficient (Wildman–Crippen LogP) is 3.34. The number of alkyl halides is 3. The van der Waals surface area contributed by atoms with Crippen LogP contribution in [0.3, 0.4) is 0 Å². The Morgan fingerprint density at radius 3 is 2.76 bits per heavy atom. The zero-order chi connectivity index (χ0) is 15.3. The highest BCUT2D eigenvalue weighted by atomic mass is 19.4. The molecule has 3 nitrogen and oxygen atoms in total. The van der Waals surface area contributed by atoms with E-state index in [0.717, 1.165) is 16.2 Å². The second kappa shape index (κ2) is 4.44. The van der Waals surface area contributed by atoms with E-state index in [4.69, 9.17) is 0 Å². The molecule has 0 bridgehead atoms. The summed E-state index contributed by atoms with van der Waals surface area (Å²) in [6, 6.07) is 7.34. The van der Waals surface area contributed by atoms with Gasteiger partial charge in [0.1, 0.15) is 0 Å². The van der Waals surface area contributed by atoms with Gasteiger partial charge in [0.2, 0.25) is 0 Å². The van der Waals surface area contributed by atoms with E-state index in [9.17, 15) is 18.0 Å². The van der Waals surface area contributed by atoms with E-state index in [1.807, 2.05) is 24.3 Å². The SMILES string of the molecule is C/C=C1\N(C(=O)C(F)(F)F)CCC12C=Nc1ccccc12. The van der Waals surface area contributed by atoms with Gasteiger partial charge in [0, 0.05) is 18.5 Å². The third kappa shape index (κ3) is 1.89. The first-order valence-electron chi connectivity index (χ1n) is 6.60. The first-order valence-corrected chi connectivity index (χ1v) is 6.60. The molecule has 21 heavy (non-hydrogen) atoms. The summed E-state index contributed by atoms with van der Waals surface area (Å²) in [4.78, 5) is 16.7. The number of aliphatic imine (C=N–C) groups is 1. The van der Waals surface area contributed by atoms with Crippen LogP contribution in [0.25, 0.3) is 0 Å². The number of rotatable bonds is 0. The van der Waals surface area contributed by atoms with Gasteiger partial charge < -0.3 is 4.90 Å². The van der Waals surface area contributed by atoms with Gasteiger partial charge in [-0.15, -0.1) is 0 Å². The highest BCUT2D eigenvalue weighted by Crippen LogP contribution is 2.49. The monoisotopic (exact) mass is 294 g/mol. The zero-order valence-corrected chi connectivity index (χ0v) is 11.3. The summed E-state index contributed by atoms with van der Waals surface area (Å²) >= 11 is 0. The van der Waals surface area contributed by atoms with E-state index in [0.29, 0.717) is 12.1 Å². The predicted molar refractivity (Wildman–Crippen MR) is 72.4 cm³/mol. The molecule has 1 aromatic rings. The molecule has 1 spiro atoms. The molecule has 3 rings (SSSR count). The van der Waals surface area contributed by atoms with Crippen LogP contribution in [-0.2, 0) is 10.2 Å². The molecule has 6 heteroatoms. The second-order valence-electron chi connectivity index (χ2n) is 5.13. The fourth-order valence-electron chi connectivity index (χ4n) is 3.17. The molecule has 1 amide bonds. The van der Waals surface area contributed by atoms with Gasteiger partial charge in [0.05, 0.1) is 11.1 Å². The van der Waals surface area contributed by atoms with Crippen LogP contribution in [-0.4, -0.2) is 29.7 Å². The van der Waals surface area contributed by atoms with Crippen LogP contribution in [0.5, 0.6) is 0 Å². The number of fused-ring (bicyclic) bond motifs is 2. The number of para-hydroxylation sites is 1. The molecule has 2 aliphatic rings. The van der Waals surface area contributed by atoms with Crippen LogP contribution in [0.4, 0.5) is 18.9 Å². The third-order valence-corrected chi connectivity index (χ3v) is 4.05. The average molecular weight is 294 g/mol. The smallest absolute Gasteiger partial charge is 0.307 e. The quantitative estimate of drug-likeness (QED) is 0.722. The van der Waals surface area contributed by atoms with Crippen molar-refractivity contribution < 1.29 is 18.0 Å². The molecule has 0 radical (unpaired) electrons. The molecule has 1 fully saturated rings. The van der Waals surface area contributed by atoms with E-state index in [1.54, 1.807) is 19.2 Å². The Balaban J connectivity index is 2.06. The van der Waals surface area contributed by atoms with Gasteiger partial charge in [0.15, 0.2) is 0 Å². The lowest BCUT2D eigenvalue weighted by Gasteiger charge is -2.27. The van der Waals surface area contributed by atoms with Crippen LogP contribution in [0.15, 0.2) is 41.0 Å². The number of allylic oxidation sites excluding steroid dienone is 2. The molecule has 2 heterocycles. The van der Waals surface area contributed by atoms with Gasteiger partial charge >= 0.3 is 12.1 Å². The van der Waals surface area contributed by atoms with Crippen molar-refractivity contribution in [3.05, 3.63) is 41.6 Å². The fraction of sp³-hybridized carbons (Fsp3) is 0.333. The van der Waals surface area contributed by atoms with Crippen LogP contribution in [0.1, 0.15) is 18.9 Å². The number of benzene rings is 1. The number of hydrogen-bond donors (Lipinski definition) is 0. The van der Waals surface area contributed by atoms with Crippen molar-refractivity contribution in [2.24, 2.45) is 4.99 Å². The lowest BCUT2D eigenvalue weighted by molar-refractivity contribution is -0.182. The van der Waals surface area contributed by atoms with Crippen molar-refractivity contribution in [1.29, 1.82) is 0 Å². The van der Waals surface area contributed by atoms with E-state index < -0.39 is 17.5 Å². The van der Waals surface area contributed by atoms with Crippen molar-refractivity contribution in [1.82, 2.24) is 4.90 Å². The van der Waals surface area contributed by atoms with Crippen LogP contribution in [0, 0.1) is 0 Å². The number of hydrogen-bond acceptors (Lipinski definition) is 2. The molecular weight excluding hydrogens is 281 g/mol. The van der Waals surface area contributed by atoms with Gasteiger partial charge in [-0.05, 0) is 25.0 Å². The van der Waals surface area contributed by atoms with Crippen LogP contribution < -0.4 is 0 Å². The van der Waals surface area contributed by atoms with Gasteiger partial charge in [-0.3, -0.25) is 9.79 Å². The van der Waals surface area contributed by atoms with Crippen LogP contribution >= 0.6 is 0 Å². The molecule has 2 aliphatic heterocycles. The minimum absolute atomic E-state index is 0.0401. The Morgan fingerprint density at radius 2 is 2.10 bits per heavy atom. The molecule has 1 atom stereocenters. The Labute approximate surface area is 119 Å². The molecule has 1 unspecified atom stereocenters. The van der Waals surface area contributed by atoms with Gasteiger partial charge in [-0.25, -0.2) is 0 Å². The summed E-state index contributed by atoms with van der Waals surface area (Å²) in [7, 11) is 0. The summed E-state index contributed by atoms with van der Waals surface area (Å²) in [5.41, 5.74) is 1.25. The molecule has 0 saturated carbocycles. The summed E-state index contributed by atoms with van der Waals surface area (Å²) in [5.74, 6) is -1.81. The zero-order valence-electron chi connectivity index (χ0n) is 11.3. The first kappa shape index (κ1) is 13.9. The first-order chi connectivity index (χ1) is 9.90. The van der Waals surface area contributed by atoms with Crippen molar-refractivity contribution in [3.8, 4) is 0 Å². The topological polar surface area (TPSA) is 32.7 Å². The summed E-state index contributed by atoms with van der Waals surface area (Å²) in [6.07, 6.45) is -1.22. The minimum Gasteiger partial charge on any atom is -0.307 e. The number of nitrogens with zero attached hydrogens (tertiary/aromatic N) is 2. The maximum Gasteiger partial charge on any atom is 0.471 e. The fourth-order valence-corrected chi connectivity index (χ4v) is 3.17. The Morgan fingerprint density at radius 1 is 1.38 bits per heavy atom. The van der Waals surface area contributed by atoms with Gasteiger partial charge in [-0.2, -0.15) is 13.2 Å². The molecule has 1 aromatic carbocycles. The summed E-state index contributed by atoms with van der Waals surface area (Å²) < 4.78 is 38.2. The molecular formula is C15H13F3N2O. The number of likely N-dealkylation sites (tertiary alicyclic amines) is 1. The van der Waals surface area contributed by atoms with Crippen molar-refractivity contribution in [3.63, 3.8) is 0 Å². The standard InChI is InChI=1S/C15H13F3N2O/c1-2-12-14(7-8-20(12)13(21)15(16,17)18)9-19-11-6-4-3-5-10(11)14/h2-6,9H,7-8H2,1H3/b12-2-. The third-order valence-electron chi connectivity index (χ3n) is 4.05. The normalized spacial score (nSPS) is 25.9. The van der Waals surface area contributed by atoms with E-state index in [1.165, 1.54) is 0 Å². The number of halogens is 3. The molecule has 0 aromatic heterocycles. The average Bonchev–Trinajstić information content (AvgIpc) is 3.00. The van der Waals surface area contributed by atoms with Gasteiger partial charge in [0.25, 0.3) is 0 Å². The Hall–Kier alpha value is -2.11. The molecule has 0 aliphatic carbocycles. The maximum atomic E-state index is 12.7. The second-order valence-corrected chi connectivity index (χ2v) is 5.13. The van der Waals surface area contributed by atoms with Crippen molar-refractivity contribution in [2.45, 2.75) is 24.9 Å². The minimum atomic E-state index is -4.87. The highest BCUT2D eigenvalue weighted by Gasteiger charge is 2.53. The van der Waals surface area contributed by atoms with Crippen molar-refractivity contribution >= 4 is 17.8 Å². The largest absolute Gasteiger partial charge is 0.471 e.